The van der Waals surface area contributed by atoms with Gasteiger partial charge in [0.2, 0.25) is 5.91 Å². The van der Waals surface area contributed by atoms with E-state index in [2.05, 4.69) is 20.7 Å². The van der Waals surface area contributed by atoms with Crippen molar-refractivity contribution in [1.82, 2.24) is 9.80 Å². The molecule has 0 radical (unpaired) electrons. The fourth-order valence-electron chi connectivity index (χ4n) is 2.37. The van der Waals surface area contributed by atoms with E-state index >= 15 is 0 Å². The lowest BCUT2D eigenvalue weighted by Gasteiger charge is -2.34. The van der Waals surface area contributed by atoms with Crippen LogP contribution in [0.5, 0.6) is 0 Å². The number of halogens is 1. The first-order chi connectivity index (χ1) is 10.0. The lowest BCUT2D eigenvalue weighted by atomic mass is 10.1. The zero-order chi connectivity index (χ0) is 15.4. The van der Waals surface area contributed by atoms with E-state index in [9.17, 15) is 9.59 Å². The predicted molar refractivity (Wildman–Crippen MR) is 83.1 cm³/mol. The van der Waals surface area contributed by atoms with E-state index in [4.69, 9.17) is 0 Å². The Hall–Kier alpha value is -1.56. The SMILES string of the molecule is COC(=O)N1CCN(C(=O)Cc2cc(Br)ccc2C)CC1. The second-order valence-electron chi connectivity index (χ2n) is 5.09. The van der Waals surface area contributed by atoms with Crippen molar-refractivity contribution in [3.63, 3.8) is 0 Å². The van der Waals surface area contributed by atoms with Crippen molar-refractivity contribution in [2.75, 3.05) is 33.3 Å². The van der Waals surface area contributed by atoms with Gasteiger partial charge in [0.25, 0.3) is 0 Å². The van der Waals surface area contributed by atoms with Gasteiger partial charge in [-0.1, -0.05) is 22.0 Å². The minimum atomic E-state index is -0.329. The molecule has 1 saturated heterocycles. The highest BCUT2D eigenvalue weighted by molar-refractivity contribution is 9.10. The smallest absolute Gasteiger partial charge is 0.409 e. The zero-order valence-corrected chi connectivity index (χ0v) is 13.9. The summed E-state index contributed by atoms with van der Waals surface area (Å²) >= 11 is 3.43. The molecule has 2 amide bonds. The Morgan fingerprint density at radius 2 is 1.81 bits per heavy atom. The normalized spacial score (nSPS) is 15.0. The molecule has 0 aliphatic carbocycles. The molecule has 21 heavy (non-hydrogen) atoms. The van der Waals surface area contributed by atoms with Gasteiger partial charge in [0.15, 0.2) is 0 Å². The lowest BCUT2D eigenvalue weighted by molar-refractivity contribution is -0.132. The highest BCUT2D eigenvalue weighted by Gasteiger charge is 2.24. The lowest BCUT2D eigenvalue weighted by Crippen LogP contribution is -2.51. The minimum Gasteiger partial charge on any atom is -0.453 e. The average molecular weight is 355 g/mol. The summed E-state index contributed by atoms with van der Waals surface area (Å²) in [4.78, 5) is 27.2. The molecule has 2 rings (SSSR count). The molecule has 1 aromatic carbocycles. The van der Waals surface area contributed by atoms with Gasteiger partial charge in [-0.3, -0.25) is 4.79 Å². The van der Waals surface area contributed by atoms with Crippen LogP contribution in [0.1, 0.15) is 11.1 Å². The van der Waals surface area contributed by atoms with Crippen molar-refractivity contribution in [1.29, 1.82) is 0 Å². The van der Waals surface area contributed by atoms with Crippen LogP contribution in [0.3, 0.4) is 0 Å². The number of ether oxygens (including phenoxy) is 1. The monoisotopic (exact) mass is 354 g/mol. The first-order valence-electron chi connectivity index (χ1n) is 6.87. The highest BCUT2D eigenvalue weighted by atomic mass is 79.9. The maximum Gasteiger partial charge on any atom is 0.409 e. The van der Waals surface area contributed by atoms with Gasteiger partial charge >= 0.3 is 6.09 Å². The third kappa shape index (κ3) is 3.97. The van der Waals surface area contributed by atoms with Gasteiger partial charge in [-0.05, 0) is 30.2 Å². The number of hydrogen-bond donors (Lipinski definition) is 0. The van der Waals surface area contributed by atoms with Crippen LogP contribution in [-0.2, 0) is 16.0 Å². The number of piperazine rings is 1. The Morgan fingerprint density at radius 3 is 2.43 bits per heavy atom. The Labute approximate surface area is 133 Å². The zero-order valence-electron chi connectivity index (χ0n) is 12.3. The van der Waals surface area contributed by atoms with Gasteiger partial charge in [0.05, 0.1) is 13.5 Å². The fourth-order valence-corrected chi connectivity index (χ4v) is 2.78. The number of carbonyl (C=O) groups is 2. The standard InChI is InChI=1S/C15H19BrN2O3/c1-11-3-4-13(16)9-12(11)10-14(19)17-5-7-18(8-6-17)15(20)21-2/h3-4,9H,5-8,10H2,1-2H3. The van der Waals surface area contributed by atoms with Crippen molar-refractivity contribution in [3.8, 4) is 0 Å². The van der Waals surface area contributed by atoms with Crippen LogP contribution >= 0.6 is 15.9 Å². The van der Waals surface area contributed by atoms with E-state index < -0.39 is 0 Å². The molecule has 1 aromatic rings. The quantitative estimate of drug-likeness (QED) is 0.817. The summed E-state index contributed by atoms with van der Waals surface area (Å²) in [6.07, 6.45) is 0.0636. The first-order valence-corrected chi connectivity index (χ1v) is 7.66. The molecule has 6 heteroatoms. The number of carbonyl (C=O) groups excluding carboxylic acids is 2. The van der Waals surface area contributed by atoms with Crippen molar-refractivity contribution in [3.05, 3.63) is 33.8 Å². The van der Waals surface area contributed by atoms with E-state index in [0.29, 0.717) is 32.6 Å². The van der Waals surface area contributed by atoms with E-state index in [1.165, 1.54) is 7.11 Å². The number of methoxy groups -OCH3 is 1. The van der Waals surface area contributed by atoms with Gasteiger partial charge < -0.3 is 14.5 Å². The number of amides is 2. The molecule has 1 aliphatic heterocycles. The minimum absolute atomic E-state index is 0.0979. The topological polar surface area (TPSA) is 49.9 Å². The maximum atomic E-state index is 12.4. The summed E-state index contributed by atoms with van der Waals surface area (Å²) in [7, 11) is 1.37. The number of benzene rings is 1. The summed E-state index contributed by atoms with van der Waals surface area (Å²) in [5.74, 6) is 0.0979. The van der Waals surface area contributed by atoms with Crippen molar-refractivity contribution in [2.24, 2.45) is 0 Å². The van der Waals surface area contributed by atoms with E-state index in [-0.39, 0.29) is 12.0 Å². The Bertz CT molecular complexity index is 540. The molecule has 0 aromatic heterocycles. The van der Waals surface area contributed by atoms with Crippen molar-refractivity contribution < 1.29 is 14.3 Å². The van der Waals surface area contributed by atoms with Crippen LogP contribution in [0.25, 0.3) is 0 Å². The predicted octanol–water partition coefficient (Wildman–Crippen LogP) is 2.21. The highest BCUT2D eigenvalue weighted by Crippen LogP contribution is 2.17. The Kier molecular flexibility index (Phi) is 5.22. The van der Waals surface area contributed by atoms with Crippen molar-refractivity contribution in [2.45, 2.75) is 13.3 Å². The molecule has 0 unspecified atom stereocenters. The molecule has 0 saturated carbocycles. The van der Waals surface area contributed by atoms with Gasteiger partial charge in [0, 0.05) is 30.7 Å². The van der Waals surface area contributed by atoms with Crippen LogP contribution < -0.4 is 0 Å². The average Bonchev–Trinajstić information content (AvgIpc) is 2.50. The van der Waals surface area contributed by atoms with Gasteiger partial charge in [-0.25, -0.2) is 4.79 Å². The van der Waals surface area contributed by atoms with E-state index in [0.717, 1.165) is 15.6 Å². The molecule has 1 heterocycles. The molecular formula is C15H19BrN2O3. The summed E-state index contributed by atoms with van der Waals surface area (Å²) in [6.45, 7) is 4.16. The molecule has 0 atom stereocenters. The van der Waals surface area contributed by atoms with Crippen LogP contribution in [0.15, 0.2) is 22.7 Å². The first kappa shape index (κ1) is 15.8. The molecular weight excluding hydrogens is 336 g/mol. The van der Waals surface area contributed by atoms with Crippen LogP contribution in [0.4, 0.5) is 4.79 Å². The number of hydrogen-bond acceptors (Lipinski definition) is 3. The summed E-state index contributed by atoms with van der Waals surface area (Å²) in [6, 6.07) is 5.96. The second-order valence-corrected chi connectivity index (χ2v) is 6.00. The van der Waals surface area contributed by atoms with Crippen LogP contribution in [0.2, 0.25) is 0 Å². The van der Waals surface area contributed by atoms with Crippen LogP contribution in [0, 0.1) is 6.92 Å². The Morgan fingerprint density at radius 1 is 1.19 bits per heavy atom. The molecule has 114 valence electrons. The summed E-state index contributed by atoms with van der Waals surface area (Å²) in [5.41, 5.74) is 2.14. The third-order valence-corrected chi connectivity index (χ3v) is 4.21. The largest absolute Gasteiger partial charge is 0.453 e. The maximum absolute atomic E-state index is 12.4. The second kappa shape index (κ2) is 6.93. The third-order valence-electron chi connectivity index (χ3n) is 3.72. The van der Waals surface area contributed by atoms with Gasteiger partial charge in [-0.2, -0.15) is 0 Å². The molecule has 0 bridgehead atoms. The van der Waals surface area contributed by atoms with Gasteiger partial charge in [-0.15, -0.1) is 0 Å². The number of rotatable bonds is 2. The molecule has 0 spiro atoms. The van der Waals surface area contributed by atoms with Crippen LogP contribution in [-0.4, -0.2) is 55.1 Å². The van der Waals surface area contributed by atoms with Gasteiger partial charge in [0.1, 0.15) is 0 Å². The molecule has 1 fully saturated rings. The fraction of sp³-hybridized carbons (Fsp3) is 0.467. The molecule has 0 N–H and O–H groups in total. The summed E-state index contributed by atoms with van der Waals surface area (Å²) < 4.78 is 5.67. The van der Waals surface area contributed by atoms with Crippen molar-refractivity contribution >= 4 is 27.9 Å². The van der Waals surface area contributed by atoms with E-state index in [1.807, 2.05) is 25.1 Å². The number of aryl methyl sites for hydroxylation is 1. The Balaban J connectivity index is 1.93. The summed E-state index contributed by atoms with van der Waals surface area (Å²) in [5, 5.41) is 0. The molecule has 1 aliphatic rings. The molecule has 5 nitrogen and oxygen atoms in total. The van der Waals surface area contributed by atoms with E-state index in [1.54, 1.807) is 9.80 Å². The number of nitrogens with zero attached hydrogens (tertiary/aromatic N) is 2.